The highest BCUT2D eigenvalue weighted by molar-refractivity contribution is 5.79. The zero-order chi connectivity index (χ0) is 20.5. The van der Waals surface area contributed by atoms with Crippen molar-refractivity contribution in [2.24, 2.45) is 4.99 Å². The molecular weight excluding hydrogens is 352 g/mol. The van der Waals surface area contributed by atoms with Gasteiger partial charge in [0.15, 0.2) is 17.5 Å². The van der Waals surface area contributed by atoms with E-state index in [1.165, 1.54) is 5.56 Å². The van der Waals surface area contributed by atoms with Gasteiger partial charge in [-0.25, -0.2) is 0 Å². The number of benzene rings is 2. The van der Waals surface area contributed by atoms with E-state index in [0.717, 1.165) is 29.6 Å². The summed E-state index contributed by atoms with van der Waals surface area (Å²) < 4.78 is 10.8. The summed E-state index contributed by atoms with van der Waals surface area (Å²) in [6.45, 7) is 1.51. The Morgan fingerprint density at radius 1 is 1.00 bits per heavy atom. The lowest BCUT2D eigenvalue weighted by Gasteiger charge is -2.29. The molecule has 0 saturated carbocycles. The quantitative estimate of drug-likeness (QED) is 0.560. The number of rotatable bonds is 8. The molecule has 0 aliphatic rings. The van der Waals surface area contributed by atoms with Crippen LogP contribution in [0.1, 0.15) is 17.2 Å². The van der Waals surface area contributed by atoms with Crippen molar-refractivity contribution < 1.29 is 9.47 Å². The summed E-state index contributed by atoms with van der Waals surface area (Å²) in [4.78, 5) is 8.74. The standard InChI is InChI=1S/C22H32N4O2/c1-23-22(26(4)16-17-10-8-7-9-11-17)24-15-19(25(2)3)18-12-13-20(27-5)21(14-18)28-6/h7-14,19H,15-16H2,1-6H3,(H,23,24). The molecule has 0 amide bonds. The van der Waals surface area contributed by atoms with Crippen LogP contribution >= 0.6 is 0 Å². The second-order valence-electron chi connectivity index (χ2n) is 6.86. The normalized spacial score (nSPS) is 12.6. The van der Waals surface area contributed by atoms with Crippen molar-refractivity contribution in [3.63, 3.8) is 0 Å². The van der Waals surface area contributed by atoms with Crippen LogP contribution in [0.15, 0.2) is 53.5 Å². The lowest BCUT2D eigenvalue weighted by molar-refractivity contribution is 0.293. The van der Waals surface area contributed by atoms with Gasteiger partial charge >= 0.3 is 0 Å². The Labute approximate surface area is 168 Å². The third-order valence-corrected chi connectivity index (χ3v) is 4.71. The fraction of sp³-hybridized carbons (Fsp3) is 0.409. The van der Waals surface area contributed by atoms with Gasteiger partial charge in [0.25, 0.3) is 0 Å². The molecule has 2 aromatic carbocycles. The molecule has 2 rings (SSSR count). The first-order valence-electron chi connectivity index (χ1n) is 9.34. The molecule has 0 aliphatic heterocycles. The van der Waals surface area contributed by atoms with Crippen LogP contribution in [0, 0.1) is 0 Å². The SMILES string of the molecule is CN=C(NCC(c1ccc(OC)c(OC)c1)N(C)C)N(C)Cc1ccccc1. The first kappa shape index (κ1) is 21.6. The summed E-state index contributed by atoms with van der Waals surface area (Å²) >= 11 is 0. The molecule has 152 valence electrons. The van der Waals surface area contributed by atoms with E-state index in [1.807, 2.05) is 32.3 Å². The molecule has 2 aromatic rings. The van der Waals surface area contributed by atoms with E-state index in [4.69, 9.17) is 9.47 Å². The van der Waals surface area contributed by atoms with Crippen molar-refractivity contribution in [3.05, 3.63) is 59.7 Å². The molecule has 6 nitrogen and oxygen atoms in total. The van der Waals surface area contributed by atoms with Gasteiger partial charge in [-0.3, -0.25) is 4.99 Å². The maximum Gasteiger partial charge on any atom is 0.193 e. The molecule has 0 aliphatic carbocycles. The molecule has 0 aromatic heterocycles. The fourth-order valence-electron chi connectivity index (χ4n) is 3.16. The Balaban J connectivity index is 2.09. The molecule has 1 unspecified atom stereocenters. The molecule has 28 heavy (non-hydrogen) atoms. The van der Waals surface area contributed by atoms with Crippen LogP contribution in [0.4, 0.5) is 0 Å². The summed E-state index contributed by atoms with van der Waals surface area (Å²) in [5.74, 6) is 2.32. The second kappa shape index (κ2) is 10.6. The Kier molecular flexibility index (Phi) is 8.14. The molecule has 1 atom stereocenters. The number of nitrogens with zero attached hydrogens (tertiary/aromatic N) is 3. The van der Waals surface area contributed by atoms with Crippen molar-refractivity contribution in [3.8, 4) is 11.5 Å². The monoisotopic (exact) mass is 384 g/mol. The van der Waals surface area contributed by atoms with Crippen molar-refractivity contribution in [2.75, 3.05) is 49.0 Å². The smallest absolute Gasteiger partial charge is 0.193 e. The first-order chi connectivity index (χ1) is 13.5. The molecular formula is C22H32N4O2. The predicted molar refractivity (Wildman–Crippen MR) is 115 cm³/mol. The zero-order valence-corrected chi connectivity index (χ0v) is 17.8. The van der Waals surface area contributed by atoms with Crippen molar-refractivity contribution >= 4 is 5.96 Å². The predicted octanol–water partition coefficient (Wildman–Crippen LogP) is 3.01. The lowest BCUT2D eigenvalue weighted by atomic mass is 10.1. The number of hydrogen-bond donors (Lipinski definition) is 1. The molecule has 0 fully saturated rings. The number of methoxy groups -OCH3 is 2. The van der Waals surface area contributed by atoms with E-state index in [1.54, 1.807) is 14.2 Å². The maximum atomic E-state index is 5.46. The van der Waals surface area contributed by atoms with Gasteiger partial charge in [-0.15, -0.1) is 0 Å². The largest absolute Gasteiger partial charge is 0.493 e. The van der Waals surface area contributed by atoms with E-state index in [-0.39, 0.29) is 6.04 Å². The van der Waals surface area contributed by atoms with Gasteiger partial charge in [-0.2, -0.15) is 0 Å². The summed E-state index contributed by atoms with van der Waals surface area (Å²) in [6, 6.07) is 16.6. The van der Waals surface area contributed by atoms with E-state index in [0.29, 0.717) is 6.54 Å². The number of nitrogens with one attached hydrogen (secondary N) is 1. The van der Waals surface area contributed by atoms with Gasteiger partial charge in [0, 0.05) is 27.2 Å². The van der Waals surface area contributed by atoms with Crippen LogP contribution in [-0.2, 0) is 6.54 Å². The highest BCUT2D eigenvalue weighted by Crippen LogP contribution is 2.31. The van der Waals surface area contributed by atoms with E-state index >= 15 is 0 Å². The minimum absolute atomic E-state index is 0.154. The highest BCUT2D eigenvalue weighted by atomic mass is 16.5. The van der Waals surface area contributed by atoms with Crippen LogP contribution < -0.4 is 14.8 Å². The second-order valence-corrected chi connectivity index (χ2v) is 6.86. The molecule has 1 N–H and O–H groups in total. The van der Waals surface area contributed by atoms with Crippen LogP contribution in [0.25, 0.3) is 0 Å². The molecule has 0 heterocycles. The first-order valence-corrected chi connectivity index (χ1v) is 9.34. The van der Waals surface area contributed by atoms with Crippen LogP contribution in [-0.4, -0.2) is 64.7 Å². The van der Waals surface area contributed by atoms with Crippen molar-refractivity contribution in [1.82, 2.24) is 15.1 Å². The van der Waals surface area contributed by atoms with Crippen LogP contribution in [0.3, 0.4) is 0 Å². The Bertz CT molecular complexity index is 762. The number of hydrogen-bond acceptors (Lipinski definition) is 4. The van der Waals surface area contributed by atoms with Gasteiger partial charge in [0.05, 0.1) is 20.3 Å². The van der Waals surface area contributed by atoms with Crippen LogP contribution in [0.5, 0.6) is 11.5 Å². The zero-order valence-electron chi connectivity index (χ0n) is 17.8. The summed E-state index contributed by atoms with van der Waals surface area (Å²) in [7, 11) is 11.3. The van der Waals surface area contributed by atoms with Crippen LogP contribution in [0.2, 0.25) is 0 Å². The third kappa shape index (κ3) is 5.63. The summed E-state index contributed by atoms with van der Waals surface area (Å²) in [5.41, 5.74) is 2.40. The Morgan fingerprint density at radius 3 is 2.25 bits per heavy atom. The maximum absolute atomic E-state index is 5.46. The molecule has 0 spiro atoms. The third-order valence-electron chi connectivity index (χ3n) is 4.71. The average Bonchev–Trinajstić information content (AvgIpc) is 2.71. The van der Waals surface area contributed by atoms with Gasteiger partial charge in [-0.1, -0.05) is 36.4 Å². The summed E-state index contributed by atoms with van der Waals surface area (Å²) in [6.07, 6.45) is 0. The number of guanidine groups is 1. The van der Waals surface area contributed by atoms with E-state index in [2.05, 4.69) is 64.5 Å². The number of likely N-dealkylation sites (N-methyl/N-ethyl adjacent to an activating group) is 1. The summed E-state index contributed by atoms with van der Waals surface area (Å²) in [5, 5.41) is 3.50. The van der Waals surface area contributed by atoms with Gasteiger partial charge in [-0.05, 0) is 37.4 Å². The molecule has 0 saturated heterocycles. The topological polar surface area (TPSA) is 49.3 Å². The minimum Gasteiger partial charge on any atom is -0.493 e. The average molecular weight is 385 g/mol. The lowest BCUT2D eigenvalue weighted by Crippen LogP contribution is -2.42. The van der Waals surface area contributed by atoms with Gasteiger partial charge < -0.3 is 24.6 Å². The number of ether oxygens (including phenoxy) is 2. The Morgan fingerprint density at radius 2 is 1.68 bits per heavy atom. The van der Waals surface area contributed by atoms with E-state index in [9.17, 15) is 0 Å². The van der Waals surface area contributed by atoms with Crippen molar-refractivity contribution in [1.29, 1.82) is 0 Å². The van der Waals surface area contributed by atoms with Crippen molar-refractivity contribution in [2.45, 2.75) is 12.6 Å². The minimum atomic E-state index is 0.154. The Hall–Kier alpha value is -2.73. The molecule has 0 bridgehead atoms. The molecule has 0 radical (unpaired) electrons. The highest BCUT2D eigenvalue weighted by Gasteiger charge is 2.18. The molecule has 6 heteroatoms. The number of aliphatic imine (C=N–C) groups is 1. The van der Waals surface area contributed by atoms with Gasteiger partial charge in [0.2, 0.25) is 0 Å². The fourth-order valence-corrected chi connectivity index (χ4v) is 3.16. The van der Waals surface area contributed by atoms with E-state index < -0.39 is 0 Å². The van der Waals surface area contributed by atoms with Gasteiger partial charge in [0.1, 0.15) is 0 Å².